The zero-order chi connectivity index (χ0) is 14.1. The number of nitrogens with two attached hydrogens (primary N) is 1. The predicted molar refractivity (Wildman–Crippen MR) is 78.6 cm³/mol. The fraction of sp³-hybridized carbons (Fsp3) is 0.467. The number of nitrogens with one attached hydrogen (secondary N) is 1. The van der Waals surface area contributed by atoms with Gasteiger partial charge in [0.1, 0.15) is 0 Å². The van der Waals surface area contributed by atoms with Gasteiger partial charge in [0.05, 0.1) is 5.52 Å². The zero-order valence-electron chi connectivity index (χ0n) is 11.7. The van der Waals surface area contributed by atoms with Gasteiger partial charge in [-0.15, -0.1) is 0 Å². The Labute approximate surface area is 118 Å². The number of piperidine rings is 1. The van der Waals surface area contributed by atoms with E-state index in [9.17, 15) is 4.79 Å². The van der Waals surface area contributed by atoms with Crippen molar-refractivity contribution in [2.45, 2.75) is 32.2 Å². The summed E-state index contributed by atoms with van der Waals surface area (Å²) in [5.74, 6) is -0.00278. The largest absolute Gasteiger partial charge is 0.333 e. The molecule has 20 heavy (non-hydrogen) atoms. The second-order valence-corrected chi connectivity index (χ2v) is 5.51. The topological polar surface area (TPSA) is 75.0 Å². The van der Waals surface area contributed by atoms with Gasteiger partial charge in [0.25, 0.3) is 5.91 Å². The predicted octanol–water partition coefficient (Wildman–Crippen LogP) is 1.82. The van der Waals surface area contributed by atoms with Crippen molar-refractivity contribution in [3.8, 4) is 0 Å². The molecule has 106 valence electrons. The van der Waals surface area contributed by atoms with Crippen LogP contribution in [0.15, 0.2) is 18.2 Å². The van der Waals surface area contributed by atoms with Gasteiger partial charge in [-0.3, -0.25) is 9.89 Å². The molecule has 1 atom stereocenters. The quantitative estimate of drug-likeness (QED) is 0.875. The molecule has 2 heterocycles. The van der Waals surface area contributed by atoms with Crippen molar-refractivity contribution in [1.29, 1.82) is 0 Å². The van der Waals surface area contributed by atoms with E-state index in [1.165, 1.54) is 0 Å². The van der Waals surface area contributed by atoms with Crippen molar-refractivity contribution in [3.05, 3.63) is 29.5 Å². The highest BCUT2D eigenvalue weighted by molar-refractivity contribution is 6.05. The van der Waals surface area contributed by atoms with Gasteiger partial charge in [-0.05, 0) is 38.3 Å². The number of hydrogen-bond acceptors (Lipinski definition) is 3. The van der Waals surface area contributed by atoms with Crippen LogP contribution in [0.3, 0.4) is 0 Å². The summed E-state index contributed by atoms with van der Waals surface area (Å²) in [6.07, 6.45) is 3.18. The fourth-order valence-electron chi connectivity index (χ4n) is 2.94. The molecule has 1 fully saturated rings. The SMILES string of the molecule is Cc1ccc2[nH]nc(C(=O)N3CCCCC3CN)c2c1. The molecule has 3 N–H and O–H groups in total. The number of benzene rings is 1. The minimum absolute atomic E-state index is 0.00278. The second-order valence-electron chi connectivity index (χ2n) is 5.51. The van der Waals surface area contributed by atoms with Crippen LogP contribution >= 0.6 is 0 Å². The number of carbonyl (C=O) groups is 1. The molecule has 5 nitrogen and oxygen atoms in total. The molecular weight excluding hydrogens is 252 g/mol. The maximum absolute atomic E-state index is 12.7. The Morgan fingerprint density at radius 3 is 3.15 bits per heavy atom. The molecule has 3 rings (SSSR count). The molecule has 1 aromatic heterocycles. The van der Waals surface area contributed by atoms with Crippen LogP contribution in [-0.4, -0.2) is 40.1 Å². The number of rotatable bonds is 2. The van der Waals surface area contributed by atoms with Crippen LogP contribution in [0.4, 0.5) is 0 Å². The van der Waals surface area contributed by atoms with E-state index < -0.39 is 0 Å². The first kappa shape index (κ1) is 13.1. The molecular formula is C15H20N4O. The van der Waals surface area contributed by atoms with Crippen LogP contribution in [-0.2, 0) is 0 Å². The Balaban J connectivity index is 1.97. The average molecular weight is 272 g/mol. The van der Waals surface area contributed by atoms with E-state index in [1.54, 1.807) is 0 Å². The number of aromatic amines is 1. The lowest BCUT2D eigenvalue weighted by Gasteiger charge is -2.34. The number of nitrogens with zero attached hydrogens (tertiary/aromatic N) is 2. The highest BCUT2D eigenvalue weighted by Crippen LogP contribution is 2.23. The summed E-state index contributed by atoms with van der Waals surface area (Å²) < 4.78 is 0. The summed E-state index contributed by atoms with van der Waals surface area (Å²) in [7, 11) is 0. The summed E-state index contributed by atoms with van der Waals surface area (Å²) in [5.41, 5.74) is 8.35. The molecule has 1 unspecified atom stereocenters. The first-order valence-electron chi connectivity index (χ1n) is 7.16. The number of likely N-dealkylation sites (tertiary alicyclic amines) is 1. The van der Waals surface area contributed by atoms with Crippen LogP contribution in [0.25, 0.3) is 10.9 Å². The minimum Gasteiger partial charge on any atom is -0.333 e. The van der Waals surface area contributed by atoms with E-state index in [0.29, 0.717) is 12.2 Å². The van der Waals surface area contributed by atoms with Crippen molar-refractivity contribution in [2.24, 2.45) is 5.73 Å². The molecule has 1 saturated heterocycles. The van der Waals surface area contributed by atoms with Crippen molar-refractivity contribution in [3.63, 3.8) is 0 Å². The number of H-pyrrole nitrogens is 1. The molecule has 1 aliphatic heterocycles. The lowest BCUT2D eigenvalue weighted by atomic mass is 10.0. The molecule has 0 saturated carbocycles. The average Bonchev–Trinajstić information content (AvgIpc) is 2.89. The van der Waals surface area contributed by atoms with Crippen LogP contribution in [0.5, 0.6) is 0 Å². The van der Waals surface area contributed by atoms with E-state index in [1.807, 2.05) is 30.0 Å². The van der Waals surface area contributed by atoms with Gasteiger partial charge in [-0.1, -0.05) is 11.6 Å². The second kappa shape index (κ2) is 5.25. The number of amides is 1. The molecule has 1 aliphatic rings. The molecule has 2 aromatic rings. The number of hydrogen-bond donors (Lipinski definition) is 2. The molecule has 0 bridgehead atoms. The lowest BCUT2D eigenvalue weighted by Crippen LogP contribution is -2.47. The minimum atomic E-state index is -0.00278. The Morgan fingerprint density at radius 2 is 2.35 bits per heavy atom. The summed E-state index contributed by atoms with van der Waals surface area (Å²) in [6, 6.07) is 6.13. The summed E-state index contributed by atoms with van der Waals surface area (Å²) in [5, 5.41) is 8.06. The Morgan fingerprint density at radius 1 is 1.50 bits per heavy atom. The number of fused-ring (bicyclic) bond motifs is 1. The number of carbonyl (C=O) groups excluding carboxylic acids is 1. The van der Waals surface area contributed by atoms with Gasteiger partial charge in [0.2, 0.25) is 0 Å². The standard InChI is InChI=1S/C15H20N4O/c1-10-5-6-13-12(8-10)14(18-17-13)15(20)19-7-3-2-4-11(19)9-16/h5-6,8,11H,2-4,7,9,16H2,1H3,(H,17,18). The van der Waals surface area contributed by atoms with Gasteiger partial charge in [-0.25, -0.2) is 0 Å². The molecule has 0 aliphatic carbocycles. The van der Waals surface area contributed by atoms with Gasteiger partial charge in [0, 0.05) is 24.5 Å². The van der Waals surface area contributed by atoms with Crippen LogP contribution in [0.1, 0.15) is 35.3 Å². The molecule has 1 aromatic carbocycles. The molecule has 1 amide bonds. The van der Waals surface area contributed by atoms with Crippen LogP contribution in [0, 0.1) is 6.92 Å². The van der Waals surface area contributed by atoms with Gasteiger partial charge in [-0.2, -0.15) is 5.10 Å². The monoisotopic (exact) mass is 272 g/mol. The lowest BCUT2D eigenvalue weighted by molar-refractivity contribution is 0.0619. The van der Waals surface area contributed by atoms with Crippen LogP contribution in [0.2, 0.25) is 0 Å². The van der Waals surface area contributed by atoms with Crippen LogP contribution < -0.4 is 5.73 Å². The summed E-state index contributed by atoms with van der Waals surface area (Å²) in [4.78, 5) is 14.6. The van der Waals surface area contributed by atoms with E-state index in [4.69, 9.17) is 5.73 Å². The first-order valence-corrected chi connectivity index (χ1v) is 7.16. The third-order valence-electron chi connectivity index (χ3n) is 4.08. The highest BCUT2D eigenvalue weighted by Gasteiger charge is 2.28. The zero-order valence-corrected chi connectivity index (χ0v) is 11.7. The van der Waals surface area contributed by atoms with Gasteiger partial charge < -0.3 is 10.6 Å². The molecule has 0 spiro atoms. The van der Waals surface area contributed by atoms with Crippen molar-refractivity contribution in [2.75, 3.05) is 13.1 Å². The highest BCUT2D eigenvalue weighted by atomic mass is 16.2. The molecule has 0 radical (unpaired) electrons. The smallest absolute Gasteiger partial charge is 0.275 e. The van der Waals surface area contributed by atoms with E-state index >= 15 is 0 Å². The fourth-order valence-corrected chi connectivity index (χ4v) is 2.94. The van der Waals surface area contributed by atoms with E-state index in [0.717, 1.165) is 42.3 Å². The summed E-state index contributed by atoms with van der Waals surface area (Å²) in [6.45, 7) is 3.32. The maximum Gasteiger partial charge on any atom is 0.275 e. The van der Waals surface area contributed by atoms with Gasteiger partial charge >= 0.3 is 0 Å². The van der Waals surface area contributed by atoms with Crippen molar-refractivity contribution < 1.29 is 4.79 Å². The Hall–Kier alpha value is -1.88. The van der Waals surface area contributed by atoms with E-state index in [-0.39, 0.29) is 11.9 Å². The Bertz CT molecular complexity index is 634. The normalized spacial score (nSPS) is 19.5. The van der Waals surface area contributed by atoms with Crippen molar-refractivity contribution in [1.82, 2.24) is 15.1 Å². The summed E-state index contributed by atoms with van der Waals surface area (Å²) >= 11 is 0. The third kappa shape index (κ3) is 2.18. The Kier molecular flexibility index (Phi) is 3.44. The van der Waals surface area contributed by atoms with Crippen molar-refractivity contribution >= 4 is 16.8 Å². The van der Waals surface area contributed by atoms with Gasteiger partial charge in [0.15, 0.2) is 5.69 Å². The first-order chi connectivity index (χ1) is 9.70. The van der Waals surface area contributed by atoms with E-state index in [2.05, 4.69) is 10.2 Å². The maximum atomic E-state index is 12.7. The number of aromatic nitrogens is 2. The third-order valence-corrected chi connectivity index (χ3v) is 4.08. The molecule has 5 heteroatoms. The number of aryl methyl sites for hydroxylation is 1.